The molecule has 7 nitrogen and oxygen atoms in total. The third-order valence-corrected chi connectivity index (χ3v) is 5.44. The fourth-order valence-electron chi connectivity index (χ4n) is 2.79. The number of aromatic amines is 1. The highest BCUT2D eigenvalue weighted by Gasteiger charge is 2.28. The number of thioether (sulfide) groups is 1. The molecule has 1 unspecified atom stereocenters. The number of hydrogen-bond donors (Lipinski definition) is 1. The van der Waals surface area contributed by atoms with E-state index in [0.717, 1.165) is 22.7 Å². The first-order valence-electron chi connectivity index (χ1n) is 8.24. The van der Waals surface area contributed by atoms with E-state index in [9.17, 15) is 14.4 Å². The van der Waals surface area contributed by atoms with Crippen LogP contribution in [0.5, 0.6) is 0 Å². The zero-order valence-corrected chi connectivity index (χ0v) is 15.9. The number of Topliss-reactive ketones (excluding diaryl/α,β-unsaturated/α-hetero) is 1. The number of ketones is 1. The lowest BCUT2D eigenvalue weighted by Crippen LogP contribution is -2.36. The Morgan fingerprint density at radius 2 is 2.00 bits per heavy atom. The lowest BCUT2D eigenvalue weighted by molar-refractivity contribution is -0.132. The zero-order chi connectivity index (χ0) is 19.0. The molecule has 0 saturated heterocycles. The van der Waals surface area contributed by atoms with Crippen molar-refractivity contribution in [3.8, 4) is 0 Å². The quantitative estimate of drug-likeness (QED) is 0.421. The highest BCUT2D eigenvalue weighted by molar-refractivity contribution is 8.01. The van der Waals surface area contributed by atoms with E-state index < -0.39 is 5.25 Å². The predicted octanol–water partition coefficient (Wildman–Crippen LogP) is 2.04. The molecule has 1 N–H and O–H groups in total. The second-order valence-corrected chi connectivity index (χ2v) is 7.25. The highest BCUT2D eigenvalue weighted by atomic mass is 32.2. The molecule has 8 heteroatoms. The van der Waals surface area contributed by atoms with Gasteiger partial charge in [0.05, 0.1) is 0 Å². The van der Waals surface area contributed by atoms with Crippen LogP contribution in [-0.2, 0) is 16.1 Å². The summed E-state index contributed by atoms with van der Waals surface area (Å²) in [6.07, 6.45) is 0. The van der Waals surface area contributed by atoms with Crippen molar-refractivity contribution in [2.24, 2.45) is 0 Å². The van der Waals surface area contributed by atoms with Crippen LogP contribution in [0.2, 0.25) is 0 Å². The van der Waals surface area contributed by atoms with E-state index in [1.165, 1.54) is 16.4 Å². The molecule has 3 rings (SSSR count). The van der Waals surface area contributed by atoms with Crippen molar-refractivity contribution >= 4 is 45.4 Å². The van der Waals surface area contributed by atoms with Crippen LogP contribution in [0.1, 0.15) is 13.8 Å². The van der Waals surface area contributed by atoms with Crippen LogP contribution in [0.25, 0.3) is 21.9 Å². The molecule has 2 heterocycles. The van der Waals surface area contributed by atoms with Gasteiger partial charge in [0.2, 0.25) is 5.91 Å². The smallest absolute Gasteiger partial charge is 0.278 e. The van der Waals surface area contributed by atoms with Gasteiger partial charge in [0.25, 0.3) is 5.56 Å². The number of benzene rings is 1. The summed E-state index contributed by atoms with van der Waals surface area (Å²) >= 11 is 1.02. The lowest BCUT2D eigenvalue weighted by atomic mass is 10.2. The summed E-state index contributed by atoms with van der Waals surface area (Å²) in [6.45, 7) is 3.59. The molecule has 0 bridgehead atoms. The van der Waals surface area contributed by atoms with Crippen LogP contribution in [-0.4, -0.2) is 50.5 Å². The number of H-pyrrole nitrogens is 1. The molecular formula is C18H20N4O3S. The third-order valence-electron chi connectivity index (χ3n) is 4.15. The van der Waals surface area contributed by atoms with Crippen molar-refractivity contribution in [3.05, 3.63) is 34.6 Å². The molecule has 0 aliphatic rings. The molecule has 3 aromatic rings. The third kappa shape index (κ3) is 3.01. The van der Waals surface area contributed by atoms with Gasteiger partial charge in [-0.1, -0.05) is 30.0 Å². The van der Waals surface area contributed by atoms with Crippen molar-refractivity contribution in [3.63, 3.8) is 0 Å². The van der Waals surface area contributed by atoms with Gasteiger partial charge in [-0.3, -0.25) is 19.0 Å². The Balaban J connectivity index is 2.21. The first-order chi connectivity index (χ1) is 12.3. The summed E-state index contributed by atoms with van der Waals surface area (Å²) in [4.78, 5) is 46.4. The molecular weight excluding hydrogens is 352 g/mol. The number of hydrogen-bond acceptors (Lipinski definition) is 5. The fourth-order valence-corrected chi connectivity index (χ4v) is 3.96. The molecule has 0 saturated carbocycles. The van der Waals surface area contributed by atoms with Gasteiger partial charge in [-0.15, -0.1) is 0 Å². The fraction of sp³-hybridized carbons (Fsp3) is 0.333. The van der Waals surface area contributed by atoms with Gasteiger partial charge in [0.15, 0.2) is 10.9 Å². The Morgan fingerprint density at radius 1 is 1.31 bits per heavy atom. The van der Waals surface area contributed by atoms with Crippen LogP contribution in [0.3, 0.4) is 0 Å². The average Bonchev–Trinajstić information content (AvgIpc) is 2.98. The molecule has 0 aliphatic carbocycles. The van der Waals surface area contributed by atoms with Crippen LogP contribution >= 0.6 is 11.8 Å². The minimum absolute atomic E-state index is 0.212. The number of amides is 1. The Bertz CT molecular complexity index is 1070. The summed E-state index contributed by atoms with van der Waals surface area (Å²) in [5.74, 6) is -0.594. The van der Waals surface area contributed by atoms with Crippen molar-refractivity contribution in [2.45, 2.75) is 30.8 Å². The number of para-hydroxylation sites is 1. The second kappa shape index (κ2) is 6.95. The maximum Gasteiger partial charge on any atom is 0.278 e. The van der Waals surface area contributed by atoms with Gasteiger partial charge >= 0.3 is 0 Å². The molecule has 0 aliphatic heterocycles. The molecule has 2 aromatic heterocycles. The predicted molar refractivity (Wildman–Crippen MR) is 103 cm³/mol. The number of nitrogens with one attached hydrogen (secondary N) is 1. The van der Waals surface area contributed by atoms with E-state index in [2.05, 4.69) is 9.97 Å². The number of fused-ring (bicyclic) bond motifs is 3. The largest absolute Gasteiger partial charge is 0.349 e. The van der Waals surface area contributed by atoms with Crippen molar-refractivity contribution < 1.29 is 9.59 Å². The van der Waals surface area contributed by atoms with E-state index >= 15 is 0 Å². The monoisotopic (exact) mass is 372 g/mol. The molecule has 136 valence electrons. The summed E-state index contributed by atoms with van der Waals surface area (Å²) in [7, 11) is 3.20. The number of nitrogens with zero attached hydrogens (tertiary/aromatic N) is 3. The number of carbonyl (C=O) groups is 2. The Labute approximate surface area is 154 Å². The van der Waals surface area contributed by atoms with Crippen LogP contribution in [0.15, 0.2) is 34.2 Å². The summed E-state index contributed by atoms with van der Waals surface area (Å²) < 4.78 is 1.49. The highest BCUT2D eigenvalue weighted by Crippen LogP contribution is 2.27. The zero-order valence-electron chi connectivity index (χ0n) is 15.1. The van der Waals surface area contributed by atoms with E-state index in [1.54, 1.807) is 14.1 Å². The molecule has 1 aromatic carbocycles. The van der Waals surface area contributed by atoms with E-state index in [4.69, 9.17) is 0 Å². The maximum absolute atomic E-state index is 12.9. The molecule has 1 atom stereocenters. The van der Waals surface area contributed by atoms with Crippen LogP contribution in [0.4, 0.5) is 0 Å². The van der Waals surface area contributed by atoms with Crippen LogP contribution < -0.4 is 5.56 Å². The first-order valence-corrected chi connectivity index (χ1v) is 9.12. The Hall–Kier alpha value is -2.61. The van der Waals surface area contributed by atoms with Crippen LogP contribution in [0, 0.1) is 0 Å². The molecule has 26 heavy (non-hydrogen) atoms. The van der Waals surface area contributed by atoms with Gasteiger partial charge < -0.3 is 9.88 Å². The lowest BCUT2D eigenvalue weighted by Gasteiger charge is -2.19. The maximum atomic E-state index is 12.9. The van der Waals surface area contributed by atoms with E-state index in [1.807, 2.05) is 31.2 Å². The summed E-state index contributed by atoms with van der Waals surface area (Å²) in [6, 6.07) is 7.53. The van der Waals surface area contributed by atoms with Crippen molar-refractivity contribution in [2.75, 3.05) is 14.1 Å². The summed E-state index contributed by atoms with van der Waals surface area (Å²) in [5, 5.41) is 0.269. The van der Waals surface area contributed by atoms with Gasteiger partial charge in [-0.25, -0.2) is 4.98 Å². The van der Waals surface area contributed by atoms with E-state index in [-0.39, 0.29) is 17.2 Å². The molecule has 0 radical (unpaired) electrons. The first kappa shape index (κ1) is 18.2. The molecule has 0 spiro atoms. The summed E-state index contributed by atoms with van der Waals surface area (Å²) in [5.41, 5.74) is 1.59. The topological polar surface area (TPSA) is 88.1 Å². The van der Waals surface area contributed by atoms with Gasteiger partial charge in [-0.2, -0.15) is 0 Å². The average molecular weight is 372 g/mol. The molecule has 0 fully saturated rings. The number of aromatic nitrogens is 3. The van der Waals surface area contributed by atoms with Gasteiger partial charge in [-0.05, 0) is 19.9 Å². The van der Waals surface area contributed by atoms with Gasteiger partial charge in [0, 0.05) is 31.5 Å². The minimum Gasteiger partial charge on any atom is -0.349 e. The van der Waals surface area contributed by atoms with Crippen molar-refractivity contribution in [1.29, 1.82) is 0 Å². The van der Waals surface area contributed by atoms with Gasteiger partial charge in [0.1, 0.15) is 16.3 Å². The standard InChI is InChI=1S/C18H20N4O3S/c1-5-22-16(24)14-13(11-8-6-7-9-12(11)19-14)20-18(22)26-15(10(2)23)17(25)21(3)4/h6-9,15,19H,5H2,1-4H3. The number of carbonyl (C=O) groups excluding carboxylic acids is 2. The normalized spacial score (nSPS) is 12.5. The minimum atomic E-state index is -0.933. The number of rotatable bonds is 5. The second-order valence-electron chi connectivity index (χ2n) is 6.18. The van der Waals surface area contributed by atoms with Crippen molar-refractivity contribution in [1.82, 2.24) is 19.4 Å². The Kier molecular flexibility index (Phi) is 4.86. The SMILES string of the molecule is CCn1c(SC(C(C)=O)C(=O)N(C)C)nc2c([nH]c3ccccc32)c1=O. The molecule has 1 amide bonds. The van der Waals surface area contributed by atoms with E-state index in [0.29, 0.717) is 22.7 Å². The Morgan fingerprint density at radius 3 is 2.62 bits per heavy atom.